The Hall–Kier alpha value is -5.22. The molecular weight excluding hydrogens is 651 g/mol. The first-order valence-electron chi connectivity index (χ1n) is 17.4. The molecule has 2 aliphatic heterocycles. The summed E-state index contributed by atoms with van der Waals surface area (Å²) in [5.41, 5.74) is 2.88. The van der Waals surface area contributed by atoms with E-state index in [-0.39, 0.29) is 12.0 Å². The minimum Gasteiger partial charge on any atom is -0.491 e. The number of carbonyl (C=O) groups is 2. The molecule has 6 rings (SSSR count). The predicted molar refractivity (Wildman–Crippen MR) is 191 cm³/mol. The Morgan fingerprint density at radius 3 is 2.45 bits per heavy atom. The summed E-state index contributed by atoms with van der Waals surface area (Å²) in [5.74, 6) is 0.739. The van der Waals surface area contributed by atoms with Crippen LogP contribution < -0.4 is 15.0 Å². The summed E-state index contributed by atoms with van der Waals surface area (Å²) in [6, 6.07) is 12.4. The third kappa shape index (κ3) is 8.40. The van der Waals surface area contributed by atoms with Gasteiger partial charge in [0.05, 0.1) is 23.5 Å². The number of nitrogens with zero attached hydrogens (tertiary/aromatic N) is 7. The van der Waals surface area contributed by atoms with Crippen molar-refractivity contribution in [1.82, 2.24) is 29.7 Å². The lowest BCUT2D eigenvalue weighted by atomic mass is 9.89. The van der Waals surface area contributed by atoms with Crippen LogP contribution in [0.2, 0.25) is 0 Å². The van der Waals surface area contributed by atoms with Crippen LogP contribution in [-0.2, 0) is 4.74 Å². The van der Waals surface area contributed by atoms with Crippen LogP contribution in [0.25, 0.3) is 16.6 Å². The highest BCUT2D eigenvalue weighted by Gasteiger charge is 2.33. The van der Waals surface area contributed by atoms with Crippen LogP contribution in [0.4, 0.5) is 15.0 Å². The van der Waals surface area contributed by atoms with Crippen molar-refractivity contribution in [3.63, 3.8) is 0 Å². The fourth-order valence-corrected chi connectivity index (χ4v) is 6.52. The number of pyridine rings is 2. The zero-order chi connectivity index (χ0) is 36.3. The fourth-order valence-electron chi connectivity index (χ4n) is 6.52. The van der Waals surface area contributed by atoms with E-state index in [0.717, 1.165) is 35.6 Å². The van der Waals surface area contributed by atoms with E-state index in [2.05, 4.69) is 26.3 Å². The van der Waals surface area contributed by atoms with Crippen molar-refractivity contribution in [3.05, 3.63) is 77.5 Å². The molecule has 2 saturated heterocycles. The Labute approximate surface area is 297 Å². The molecule has 1 N–H and O–H groups in total. The number of amides is 2. The van der Waals surface area contributed by atoms with Crippen LogP contribution in [0.5, 0.6) is 5.75 Å². The zero-order valence-electron chi connectivity index (χ0n) is 29.9. The molecule has 12 nitrogen and oxygen atoms in total. The topological polar surface area (TPSA) is 128 Å². The van der Waals surface area contributed by atoms with Crippen molar-refractivity contribution in [1.29, 1.82) is 5.26 Å². The molecule has 4 aromatic rings. The van der Waals surface area contributed by atoms with Gasteiger partial charge in [-0.2, -0.15) is 10.4 Å². The van der Waals surface area contributed by atoms with Crippen LogP contribution >= 0.6 is 0 Å². The number of rotatable bonds is 8. The monoisotopic (exact) mass is 696 g/mol. The van der Waals surface area contributed by atoms with Crippen molar-refractivity contribution in [2.75, 3.05) is 57.3 Å². The molecule has 51 heavy (non-hydrogen) atoms. The molecular formula is C38H45FN8O4. The molecule has 0 unspecified atom stereocenters. The average Bonchev–Trinajstić information content (AvgIpc) is 3.52. The lowest BCUT2D eigenvalue weighted by molar-refractivity contribution is 0.0137. The second kappa shape index (κ2) is 14.6. The summed E-state index contributed by atoms with van der Waals surface area (Å²) >= 11 is 0. The number of fused-ring (bicyclic) bond motifs is 1. The fraction of sp³-hybridized carbons (Fsp3) is 0.447. The zero-order valence-corrected chi connectivity index (χ0v) is 29.9. The first-order valence-corrected chi connectivity index (χ1v) is 17.4. The van der Waals surface area contributed by atoms with Gasteiger partial charge in [-0.05, 0) is 83.4 Å². The van der Waals surface area contributed by atoms with Gasteiger partial charge in [0, 0.05) is 74.2 Å². The molecule has 2 amide bonds. The van der Waals surface area contributed by atoms with E-state index < -0.39 is 17.0 Å². The molecule has 2 aliphatic rings. The highest BCUT2D eigenvalue weighted by molar-refractivity contribution is 5.96. The summed E-state index contributed by atoms with van der Waals surface area (Å²) in [4.78, 5) is 36.4. The number of hydrogen-bond donors (Lipinski definition) is 1. The number of nitrogens with one attached hydrogen (secondary N) is 1. The van der Waals surface area contributed by atoms with Crippen LogP contribution in [-0.4, -0.2) is 100.0 Å². The van der Waals surface area contributed by atoms with E-state index in [4.69, 9.17) is 14.5 Å². The number of benzene rings is 1. The third-order valence-corrected chi connectivity index (χ3v) is 9.52. The van der Waals surface area contributed by atoms with Crippen molar-refractivity contribution in [2.45, 2.75) is 58.6 Å². The van der Waals surface area contributed by atoms with E-state index in [1.54, 1.807) is 41.0 Å². The number of nitriles is 1. The quantitative estimate of drug-likeness (QED) is 0.256. The van der Waals surface area contributed by atoms with E-state index in [1.165, 1.54) is 12.1 Å². The lowest BCUT2D eigenvalue weighted by Crippen LogP contribution is -2.53. The second-order valence-corrected chi connectivity index (χ2v) is 14.6. The second-order valence-electron chi connectivity index (χ2n) is 14.6. The molecule has 2 fully saturated rings. The molecule has 0 bridgehead atoms. The number of hydrogen-bond acceptors (Lipinski definition) is 9. The van der Waals surface area contributed by atoms with Gasteiger partial charge in [-0.15, -0.1) is 0 Å². The number of aryl methyl sites for hydroxylation is 1. The summed E-state index contributed by atoms with van der Waals surface area (Å²) in [6.07, 6.45) is 6.26. The van der Waals surface area contributed by atoms with Crippen LogP contribution in [0.15, 0.2) is 55.0 Å². The largest absolute Gasteiger partial charge is 0.491 e. The minimum absolute atomic E-state index is 0.266. The first-order chi connectivity index (χ1) is 24.3. The van der Waals surface area contributed by atoms with E-state index in [0.29, 0.717) is 74.6 Å². The van der Waals surface area contributed by atoms with Crippen molar-refractivity contribution in [2.24, 2.45) is 0 Å². The molecule has 0 atom stereocenters. The Balaban J connectivity index is 1.08. The summed E-state index contributed by atoms with van der Waals surface area (Å²) in [5, 5.41) is 17.4. The Morgan fingerprint density at radius 1 is 1.04 bits per heavy atom. The number of carbonyl (C=O) groups excluding carboxylic acids is 2. The molecule has 0 aliphatic carbocycles. The molecule has 5 heterocycles. The maximum atomic E-state index is 13.8. The van der Waals surface area contributed by atoms with Gasteiger partial charge in [0.1, 0.15) is 35.7 Å². The maximum absolute atomic E-state index is 13.8. The van der Waals surface area contributed by atoms with Gasteiger partial charge in [-0.3, -0.25) is 9.69 Å². The van der Waals surface area contributed by atoms with Gasteiger partial charge in [0.2, 0.25) is 0 Å². The molecule has 0 radical (unpaired) electrons. The minimum atomic E-state index is -0.520. The standard InChI is InChI=1S/C38H45FN8O4/c1-26-6-8-29(39)20-31(26)35(48)43-38(5)10-12-45(13-11-38)33-9-7-27(23-41-33)32-21-30(25-47-34(32)28(22-40)24-42-47)50-19-18-44-14-16-46(17-15-44)36(49)51-37(2,3)4/h6-9,20-21,23-25H,10-19H2,1-5H3,(H,43,48). The molecule has 0 saturated carbocycles. The summed E-state index contributed by atoms with van der Waals surface area (Å²) < 4.78 is 27.2. The summed E-state index contributed by atoms with van der Waals surface area (Å²) in [7, 11) is 0. The Bertz CT molecular complexity index is 1930. The number of piperazine rings is 1. The van der Waals surface area contributed by atoms with Crippen molar-refractivity contribution < 1.29 is 23.5 Å². The van der Waals surface area contributed by atoms with E-state index in [9.17, 15) is 19.2 Å². The number of halogens is 1. The van der Waals surface area contributed by atoms with Gasteiger partial charge in [0.15, 0.2) is 0 Å². The average molecular weight is 697 g/mol. The number of ether oxygens (including phenoxy) is 2. The molecule has 3 aromatic heterocycles. The van der Waals surface area contributed by atoms with Crippen molar-refractivity contribution in [3.8, 4) is 22.9 Å². The van der Waals surface area contributed by atoms with Gasteiger partial charge < -0.3 is 24.6 Å². The smallest absolute Gasteiger partial charge is 0.410 e. The normalized spacial score (nSPS) is 16.5. The Kier molecular flexibility index (Phi) is 10.2. The van der Waals surface area contributed by atoms with Gasteiger partial charge in [-0.1, -0.05) is 6.07 Å². The first kappa shape index (κ1) is 35.6. The Morgan fingerprint density at radius 2 is 1.78 bits per heavy atom. The van der Waals surface area contributed by atoms with Gasteiger partial charge in [0.25, 0.3) is 5.91 Å². The number of piperidine rings is 1. The van der Waals surface area contributed by atoms with Crippen LogP contribution in [0.3, 0.4) is 0 Å². The molecule has 1 aromatic carbocycles. The molecule has 0 spiro atoms. The van der Waals surface area contributed by atoms with E-state index >= 15 is 0 Å². The highest BCUT2D eigenvalue weighted by atomic mass is 19.1. The number of aromatic nitrogens is 3. The van der Waals surface area contributed by atoms with Gasteiger partial charge >= 0.3 is 6.09 Å². The van der Waals surface area contributed by atoms with Crippen LogP contribution in [0, 0.1) is 24.1 Å². The predicted octanol–water partition coefficient (Wildman–Crippen LogP) is 5.44. The summed E-state index contributed by atoms with van der Waals surface area (Å²) in [6.45, 7) is 14.6. The van der Waals surface area contributed by atoms with Crippen LogP contribution in [0.1, 0.15) is 62.0 Å². The lowest BCUT2D eigenvalue weighted by Gasteiger charge is -2.40. The highest BCUT2D eigenvalue weighted by Crippen LogP contribution is 2.32. The van der Waals surface area contributed by atoms with Gasteiger partial charge in [-0.25, -0.2) is 18.7 Å². The van der Waals surface area contributed by atoms with Crippen molar-refractivity contribution >= 4 is 23.3 Å². The number of anilines is 1. The molecule has 13 heteroatoms. The molecule has 268 valence electrons. The maximum Gasteiger partial charge on any atom is 0.410 e. The third-order valence-electron chi connectivity index (χ3n) is 9.52. The van der Waals surface area contributed by atoms with E-state index in [1.807, 2.05) is 45.9 Å². The SMILES string of the molecule is Cc1ccc(F)cc1C(=O)NC1(C)CCN(c2ccc(-c3cc(OCCN4CCN(C(=O)OC(C)(C)C)CC4)cn4ncc(C#N)c34)cn2)CC1.